The molecule has 1 saturated heterocycles. The zero-order valence-electron chi connectivity index (χ0n) is 19.3. The molecule has 10 nitrogen and oxygen atoms in total. The average molecular weight is 451 g/mol. The monoisotopic (exact) mass is 450 g/mol. The van der Waals surface area contributed by atoms with E-state index < -0.39 is 0 Å². The summed E-state index contributed by atoms with van der Waals surface area (Å²) in [7, 11) is 1.77. The number of anilines is 4. The number of hydrogen-bond acceptors (Lipinski definition) is 7. The van der Waals surface area contributed by atoms with Gasteiger partial charge in [-0.25, -0.2) is 4.98 Å². The number of imidazole rings is 1. The van der Waals surface area contributed by atoms with Gasteiger partial charge in [0.05, 0.1) is 6.33 Å². The van der Waals surface area contributed by atoms with Gasteiger partial charge in [0.25, 0.3) is 0 Å². The number of carbonyl (C=O) groups is 2. The first-order valence-corrected chi connectivity index (χ1v) is 11.4. The number of nitrogens with zero attached hydrogens (tertiary/aromatic N) is 5. The molecule has 0 saturated carbocycles. The van der Waals surface area contributed by atoms with E-state index in [1.54, 1.807) is 18.3 Å². The second-order valence-electron chi connectivity index (χ2n) is 8.13. The molecule has 0 spiro atoms. The van der Waals surface area contributed by atoms with Gasteiger partial charge in [-0.05, 0) is 37.1 Å². The summed E-state index contributed by atoms with van der Waals surface area (Å²) < 4.78 is 0. The van der Waals surface area contributed by atoms with E-state index in [0.29, 0.717) is 30.3 Å². The molecule has 1 aliphatic rings. The molecule has 10 heteroatoms. The third-order valence-electron chi connectivity index (χ3n) is 5.96. The third-order valence-corrected chi connectivity index (χ3v) is 5.96. The summed E-state index contributed by atoms with van der Waals surface area (Å²) in [5, 5.41) is 6.74. The highest BCUT2D eigenvalue weighted by Gasteiger charge is 2.23. The summed E-state index contributed by atoms with van der Waals surface area (Å²) in [6, 6.07) is 7.76. The van der Waals surface area contributed by atoms with E-state index in [4.69, 9.17) is 0 Å². The van der Waals surface area contributed by atoms with Crippen LogP contribution in [-0.4, -0.2) is 62.8 Å². The Balaban J connectivity index is 1.48. The molecule has 1 aromatic carbocycles. The molecule has 174 valence electrons. The van der Waals surface area contributed by atoms with Crippen LogP contribution in [-0.2, 0) is 9.59 Å². The molecular formula is C23H30N8O2. The maximum Gasteiger partial charge on any atom is 0.231 e. The largest absolute Gasteiger partial charge is 0.365 e. The number of hydrogen-bond donors (Lipinski definition) is 3. The zero-order valence-corrected chi connectivity index (χ0v) is 19.3. The number of amides is 2. The van der Waals surface area contributed by atoms with Crippen LogP contribution >= 0.6 is 0 Å². The lowest BCUT2D eigenvalue weighted by Crippen LogP contribution is -2.42. The highest BCUT2D eigenvalue weighted by molar-refractivity contribution is 5.92. The van der Waals surface area contributed by atoms with Crippen LogP contribution in [0.3, 0.4) is 0 Å². The van der Waals surface area contributed by atoms with Crippen molar-refractivity contribution in [3.8, 4) is 0 Å². The summed E-state index contributed by atoms with van der Waals surface area (Å²) in [6.07, 6.45) is 4.32. The van der Waals surface area contributed by atoms with Crippen LogP contribution in [0.2, 0.25) is 0 Å². The molecule has 0 unspecified atom stereocenters. The number of benzene rings is 1. The molecule has 33 heavy (non-hydrogen) atoms. The SMILES string of the molecule is CCC(=O)N1CCC(Nc2nc(Nc3ccc(N(C)C(=O)CC)cc3)nc3nc[nH]c23)CC1. The van der Waals surface area contributed by atoms with Crippen LogP contribution in [0, 0.1) is 0 Å². The predicted molar refractivity (Wildman–Crippen MR) is 129 cm³/mol. The molecule has 1 aliphatic heterocycles. The molecule has 0 radical (unpaired) electrons. The number of piperidine rings is 1. The fraction of sp³-hybridized carbons (Fsp3) is 0.435. The molecule has 2 amide bonds. The van der Waals surface area contributed by atoms with Crippen molar-refractivity contribution in [1.82, 2.24) is 24.8 Å². The summed E-state index contributed by atoms with van der Waals surface area (Å²) in [5.74, 6) is 1.38. The summed E-state index contributed by atoms with van der Waals surface area (Å²) in [6.45, 7) is 5.23. The fourth-order valence-corrected chi connectivity index (χ4v) is 3.96. The molecule has 3 aromatic rings. The van der Waals surface area contributed by atoms with E-state index in [9.17, 15) is 9.59 Å². The van der Waals surface area contributed by atoms with E-state index in [-0.39, 0.29) is 17.9 Å². The number of fused-ring (bicyclic) bond motifs is 1. The number of likely N-dealkylation sites (tertiary alicyclic amines) is 1. The maximum absolute atomic E-state index is 11.9. The number of rotatable bonds is 7. The van der Waals surface area contributed by atoms with Crippen LogP contribution in [0.25, 0.3) is 11.2 Å². The van der Waals surface area contributed by atoms with Gasteiger partial charge in [-0.3, -0.25) is 9.59 Å². The van der Waals surface area contributed by atoms with Crippen molar-refractivity contribution in [2.75, 3.05) is 35.7 Å². The van der Waals surface area contributed by atoms with Gasteiger partial charge in [0, 0.05) is 50.4 Å². The predicted octanol–water partition coefficient (Wildman–Crippen LogP) is 3.28. The first-order chi connectivity index (χ1) is 16.0. The zero-order chi connectivity index (χ0) is 23.4. The van der Waals surface area contributed by atoms with Gasteiger partial charge in [-0.1, -0.05) is 13.8 Å². The molecule has 2 aromatic heterocycles. The van der Waals surface area contributed by atoms with Gasteiger partial charge in [-0.2, -0.15) is 9.97 Å². The fourth-order valence-electron chi connectivity index (χ4n) is 3.96. The molecular weight excluding hydrogens is 420 g/mol. The Kier molecular flexibility index (Phi) is 6.71. The van der Waals surface area contributed by atoms with Gasteiger partial charge >= 0.3 is 0 Å². The minimum atomic E-state index is 0.0589. The standard InChI is InChI=1S/C23H30N8O2/c1-4-18(32)30(3)17-8-6-15(7-9-17)27-23-28-21-20(24-14-25-21)22(29-23)26-16-10-12-31(13-11-16)19(33)5-2/h6-9,14,16H,4-5,10-13H2,1-3H3,(H3,24,25,26,27,28,29). The lowest BCUT2D eigenvalue weighted by atomic mass is 10.0. The Morgan fingerprint density at radius 2 is 1.85 bits per heavy atom. The molecule has 0 atom stereocenters. The summed E-state index contributed by atoms with van der Waals surface area (Å²) in [4.78, 5) is 44.0. The number of carbonyl (C=O) groups excluding carboxylic acids is 2. The van der Waals surface area contributed by atoms with E-state index in [2.05, 4.69) is 30.6 Å². The molecule has 0 aliphatic carbocycles. The molecule has 3 heterocycles. The maximum atomic E-state index is 11.9. The van der Waals surface area contributed by atoms with E-state index in [1.165, 1.54) is 0 Å². The number of aromatic amines is 1. The lowest BCUT2D eigenvalue weighted by Gasteiger charge is -2.32. The van der Waals surface area contributed by atoms with Crippen LogP contribution in [0.15, 0.2) is 30.6 Å². The minimum absolute atomic E-state index is 0.0589. The normalized spacial score (nSPS) is 14.3. The highest BCUT2D eigenvalue weighted by Crippen LogP contribution is 2.25. The smallest absolute Gasteiger partial charge is 0.231 e. The van der Waals surface area contributed by atoms with Crippen LogP contribution in [0.5, 0.6) is 0 Å². The number of H-pyrrole nitrogens is 1. The Labute approximate surface area is 192 Å². The molecule has 1 fully saturated rings. The topological polar surface area (TPSA) is 119 Å². The van der Waals surface area contributed by atoms with E-state index in [0.717, 1.165) is 42.8 Å². The highest BCUT2D eigenvalue weighted by atomic mass is 16.2. The Morgan fingerprint density at radius 1 is 1.12 bits per heavy atom. The van der Waals surface area contributed by atoms with Gasteiger partial charge in [0.1, 0.15) is 5.52 Å². The lowest BCUT2D eigenvalue weighted by molar-refractivity contribution is -0.131. The number of aromatic nitrogens is 4. The quantitative estimate of drug-likeness (QED) is 0.505. The summed E-state index contributed by atoms with van der Waals surface area (Å²) >= 11 is 0. The van der Waals surface area contributed by atoms with Crippen molar-refractivity contribution in [2.45, 2.75) is 45.6 Å². The Bertz CT molecular complexity index is 1120. The second kappa shape index (κ2) is 9.85. The van der Waals surface area contributed by atoms with Crippen molar-refractivity contribution in [3.63, 3.8) is 0 Å². The second-order valence-corrected chi connectivity index (χ2v) is 8.13. The minimum Gasteiger partial charge on any atom is -0.365 e. The first kappa shape index (κ1) is 22.5. The van der Waals surface area contributed by atoms with Crippen molar-refractivity contribution >= 4 is 46.1 Å². The molecule has 3 N–H and O–H groups in total. The Morgan fingerprint density at radius 3 is 2.52 bits per heavy atom. The molecule has 4 rings (SSSR count). The Hall–Kier alpha value is -3.69. The average Bonchev–Trinajstić information content (AvgIpc) is 3.32. The van der Waals surface area contributed by atoms with Crippen molar-refractivity contribution in [3.05, 3.63) is 30.6 Å². The van der Waals surface area contributed by atoms with Crippen LogP contribution in [0.4, 0.5) is 23.1 Å². The van der Waals surface area contributed by atoms with Crippen LogP contribution in [0.1, 0.15) is 39.5 Å². The third kappa shape index (κ3) is 5.05. The van der Waals surface area contributed by atoms with Gasteiger partial charge in [-0.15, -0.1) is 0 Å². The first-order valence-electron chi connectivity index (χ1n) is 11.4. The van der Waals surface area contributed by atoms with Gasteiger partial charge < -0.3 is 25.4 Å². The van der Waals surface area contributed by atoms with Crippen LogP contribution < -0.4 is 15.5 Å². The molecule has 0 bridgehead atoms. The number of nitrogens with one attached hydrogen (secondary N) is 3. The van der Waals surface area contributed by atoms with Gasteiger partial charge in [0.15, 0.2) is 11.5 Å². The van der Waals surface area contributed by atoms with Crippen molar-refractivity contribution in [2.24, 2.45) is 0 Å². The van der Waals surface area contributed by atoms with E-state index >= 15 is 0 Å². The van der Waals surface area contributed by atoms with E-state index in [1.807, 2.05) is 43.0 Å². The summed E-state index contributed by atoms with van der Waals surface area (Å²) in [5.41, 5.74) is 2.95. The van der Waals surface area contributed by atoms with Gasteiger partial charge in [0.2, 0.25) is 17.8 Å². The van der Waals surface area contributed by atoms with Crippen molar-refractivity contribution < 1.29 is 9.59 Å². The van der Waals surface area contributed by atoms with Crippen molar-refractivity contribution in [1.29, 1.82) is 0 Å².